The molecule has 3 aromatic carbocycles. The van der Waals surface area contributed by atoms with Crippen molar-refractivity contribution < 1.29 is 19.1 Å². The van der Waals surface area contributed by atoms with Crippen LogP contribution >= 0.6 is 34.8 Å². The number of aliphatic hydroxyl groups is 1. The van der Waals surface area contributed by atoms with Crippen molar-refractivity contribution in [2.24, 2.45) is 0 Å². The van der Waals surface area contributed by atoms with E-state index in [9.17, 15) is 19.1 Å². The zero-order chi connectivity index (χ0) is 22.3. The predicted octanol–water partition coefficient (Wildman–Crippen LogP) is 6.41. The van der Waals surface area contributed by atoms with Gasteiger partial charge in [0.25, 0.3) is 11.7 Å². The first-order valence-electron chi connectivity index (χ1n) is 9.05. The molecule has 0 aromatic heterocycles. The largest absolute Gasteiger partial charge is 0.507 e. The zero-order valence-corrected chi connectivity index (χ0v) is 17.9. The van der Waals surface area contributed by atoms with Gasteiger partial charge < -0.3 is 5.11 Å². The quantitative estimate of drug-likeness (QED) is 0.270. The number of halogens is 4. The van der Waals surface area contributed by atoms with Crippen molar-refractivity contribution in [2.45, 2.75) is 6.04 Å². The molecule has 0 bridgehead atoms. The summed E-state index contributed by atoms with van der Waals surface area (Å²) < 4.78 is 13.5. The van der Waals surface area contributed by atoms with Gasteiger partial charge in [-0.2, -0.15) is 0 Å². The fraction of sp³-hybridized carbons (Fsp3) is 0.0435. The van der Waals surface area contributed by atoms with Gasteiger partial charge in [-0.1, -0.05) is 46.9 Å². The van der Waals surface area contributed by atoms with E-state index >= 15 is 0 Å². The summed E-state index contributed by atoms with van der Waals surface area (Å²) in [4.78, 5) is 27.2. The fourth-order valence-electron chi connectivity index (χ4n) is 3.46. The molecule has 156 valence electrons. The topological polar surface area (TPSA) is 57.6 Å². The molecule has 0 spiro atoms. The van der Waals surface area contributed by atoms with E-state index in [1.165, 1.54) is 59.5 Å². The van der Waals surface area contributed by atoms with Crippen molar-refractivity contribution in [1.29, 1.82) is 0 Å². The number of aliphatic hydroxyl groups excluding tert-OH is 1. The molecule has 1 fully saturated rings. The van der Waals surface area contributed by atoms with E-state index in [4.69, 9.17) is 34.8 Å². The number of hydrogen-bond acceptors (Lipinski definition) is 3. The van der Waals surface area contributed by atoms with Crippen LogP contribution in [0.1, 0.15) is 17.2 Å². The van der Waals surface area contributed by atoms with Gasteiger partial charge in [0, 0.05) is 16.3 Å². The summed E-state index contributed by atoms with van der Waals surface area (Å²) in [5, 5.41) is 11.9. The minimum absolute atomic E-state index is 0.134. The molecule has 0 radical (unpaired) electrons. The molecular formula is C23H13Cl3FNO3. The minimum atomic E-state index is -1.01. The summed E-state index contributed by atoms with van der Waals surface area (Å²) in [6.07, 6.45) is 0. The molecule has 1 unspecified atom stereocenters. The molecule has 1 aliphatic heterocycles. The number of benzene rings is 3. The zero-order valence-electron chi connectivity index (χ0n) is 15.7. The van der Waals surface area contributed by atoms with Crippen LogP contribution in [0, 0.1) is 5.82 Å². The van der Waals surface area contributed by atoms with E-state index < -0.39 is 23.5 Å². The number of rotatable bonds is 3. The van der Waals surface area contributed by atoms with Gasteiger partial charge in [-0.25, -0.2) is 4.39 Å². The van der Waals surface area contributed by atoms with Crippen molar-refractivity contribution in [3.8, 4) is 0 Å². The number of Topliss-reactive ketones (excluding diaryl/α,β-unsaturated/α-hetero) is 1. The number of carbonyl (C=O) groups is 2. The van der Waals surface area contributed by atoms with Gasteiger partial charge in [0.1, 0.15) is 11.6 Å². The van der Waals surface area contributed by atoms with Gasteiger partial charge >= 0.3 is 0 Å². The molecule has 1 aliphatic rings. The molecule has 0 saturated carbocycles. The Kier molecular flexibility index (Phi) is 5.75. The molecule has 1 atom stereocenters. The number of anilines is 1. The van der Waals surface area contributed by atoms with E-state index in [0.717, 1.165) is 0 Å². The highest BCUT2D eigenvalue weighted by atomic mass is 35.5. The van der Waals surface area contributed by atoms with Crippen molar-refractivity contribution in [2.75, 3.05) is 4.90 Å². The highest BCUT2D eigenvalue weighted by molar-refractivity contribution is 6.52. The summed E-state index contributed by atoms with van der Waals surface area (Å²) in [6.45, 7) is 0. The number of carbonyl (C=O) groups excluding carboxylic acids is 2. The second-order valence-electron chi connectivity index (χ2n) is 6.83. The Hall–Kier alpha value is -2.86. The monoisotopic (exact) mass is 475 g/mol. The predicted molar refractivity (Wildman–Crippen MR) is 119 cm³/mol. The number of ketones is 1. The molecule has 1 N–H and O–H groups in total. The standard InChI is InChI=1S/C23H13Cl3FNO3/c24-14-5-1-13(2-6-14)21(29)19-20(12-3-7-15(27)8-4-12)28(23(31)22(19)30)16-9-10-17(25)18(26)11-16/h1-11,20,29H/b21-19+. The van der Waals surface area contributed by atoms with E-state index in [0.29, 0.717) is 21.8 Å². The minimum Gasteiger partial charge on any atom is -0.507 e. The van der Waals surface area contributed by atoms with Crippen LogP contribution in [-0.2, 0) is 9.59 Å². The van der Waals surface area contributed by atoms with E-state index in [2.05, 4.69) is 0 Å². The Balaban J connectivity index is 1.95. The number of amides is 1. The van der Waals surface area contributed by atoms with Crippen LogP contribution in [0.15, 0.2) is 72.3 Å². The van der Waals surface area contributed by atoms with Gasteiger partial charge in [0.2, 0.25) is 0 Å². The Bertz CT molecular complexity index is 1220. The molecule has 1 amide bonds. The van der Waals surface area contributed by atoms with Crippen LogP contribution in [0.4, 0.5) is 10.1 Å². The highest BCUT2D eigenvalue weighted by Gasteiger charge is 2.47. The van der Waals surface area contributed by atoms with Crippen molar-refractivity contribution in [1.82, 2.24) is 0 Å². The number of nitrogens with zero attached hydrogens (tertiary/aromatic N) is 1. The van der Waals surface area contributed by atoms with Crippen molar-refractivity contribution >= 4 is 57.9 Å². The van der Waals surface area contributed by atoms with Gasteiger partial charge in [0.15, 0.2) is 0 Å². The summed E-state index contributed by atoms with van der Waals surface area (Å²) in [6, 6.07) is 15.0. The van der Waals surface area contributed by atoms with Crippen LogP contribution in [0.5, 0.6) is 0 Å². The van der Waals surface area contributed by atoms with Gasteiger partial charge in [-0.15, -0.1) is 0 Å². The molecule has 31 heavy (non-hydrogen) atoms. The third-order valence-electron chi connectivity index (χ3n) is 4.93. The van der Waals surface area contributed by atoms with Crippen molar-refractivity contribution in [3.63, 3.8) is 0 Å². The van der Waals surface area contributed by atoms with Crippen LogP contribution in [0.3, 0.4) is 0 Å². The molecule has 1 heterocycles. The van der Waals surface area contributed by atoms with E-state index in [1.807, 2.05) is 0 Å². The summed E-state index contributed by atoms with van der Waals surface area (Å²) in [5.74, 6) is -2.59. The van der Waals surface area contributed by atoms with Crippen molar-refractivity contribution in [3.05, 3.63) is 104 Å². The fourth-order valence-corrected chi connectivity index (χ4v) is 3.88. The third kappa shape index (κ3) is 3.92. The average Bonchev–Trinajstić information content (AvgIpc) is 3.01. The third-order valence-corrected chi connectivity index (χ3v) is 5.92. The Morgan fingerprint density at radius 3 is 2.13 bits per heavy atom. The van der Waals surface area contributed by atoms with E-state index in [1.54, 1.807) is 12.1 Å². The Morgan fingerprint density at radius 1 is 0.871 bits per heavy atom. The summed E-state index contributed by atoms with van der Waals surface area (Å²) in [5.41, 5.74) is 0.914. The molecule has 4 nitrogen and oxygen atoms in total. The molecular weight excluding hydrogens is 464 g/mol. The lowest BCUT2D eigenvalue weighted by molar-refractivity contribution is -0.132. The van der Waals surface area contributed by atoms with Gasteiger partial charge in [-0.05, 0) is 60.2 Å². The summed E-state index contributed by atoms with van der Waals surface area (Å²) >= 11 is 18.0. The Labute approximate surface area is 192 Å². The average molecular weight is 477 g/mol. The normalized spacial score (nSPS) is 17.9. The second kappa shape index (κ2) is 8.35. The highest BCUT2D eigenvalue weighted by Crippen LogP contribution is 2.43. The molecule has 4 rings (SSSR count). The van der Waals surface area contributed by atoms with Gasteiger partial charge in [0.05, 0.1) is 21.7 Å². The molecule has 8 heteroatoms. The van der Waals surface area contributed by atoms with Crippen LogP contribution in [0.2, 0.25) is 15.1 Å². The first kappa shape index (κ1) is 21.4. The Morgan fingerprint density at radius 2 is 1.52 bits per heavy atom. The summed E-state index contributed by atoms with van der Waals surface area (Å²) in [7, 11) is 0. The first-order chi connectivity index (χ1) is 14.8. The SMILES string of the molecule is O=C1C(=O)N(c2ccc(Cl)c(Cl)c2)C(c2ccc(F)cc2)/C1=C(\O)c1ccc(Cl)cc1. The molecule has 1 saturated heterocycles. The van der Waals surface area contributed by atoms with Crippen LogP contribution < -0.4 is 4.90 Å². The first-order valence-corrected chi connectivity index (χ1v) is 10.2. The lowest BCUT2D eigenvalue weighted by Gasteiger charge is -2.25. The lowest BCUT2D eigenvalue weighted by atomic mass is 9.95. The maximum atomic E-state index is 13.5. The van der Waals surface area contributed by atoms with E-state index in [-0.39, 0.29) is 21.4 Å². The van der Waals surface area contributed by atoms with Crippen LogP contribution in [-0.4, -0.2) is 16.8 Å². The maximum absolute atomic E-state index is 13.5. The lowest BCUT2D eigenvalue weighted by Crippen LogP contribution is -2.29. The van der Waals surface area contributed by atoms with Crippen LogP contribution in [0.25, 0.3) is 5.76 Å². The second-order valence-corrected chi connectivity index (χ2v) is 8.08. The number of hydrogen-bond donors (Lipinski definition) is 1. The molecule has 3 aromatic rings. The maximum Gasteiger partial charge on any atom is 0.300 e. The smallest absolute Gasteiger partial charge is 0.300 e. The van der Waals surface area contributed by atoms with Gasteiger partial charge in [-0.3, -0.25) is 14.5 Å². The molecule has 0 aliphatic carbocycles.